The molecule has 0 aromatic heterocycles. The van der Waals surface area contributed by atoms with E-state index < -0.39 is 23.4 Å². The third-order valence-corrected chi connectivity index (χ3v) is 9.92. The van der Waals surface area contributed by atoms with E-state index in [0.717, 1.165) is 28.8 Å². The molecule has 4 aliphatic heterocycles. The van der Waals surface area contributed by atoms with Crippen LogP contribution in [0.15, 0.2) is 109 Å². The van der Waals surface area contributed by atoms with Gasteiger partial charge in [-0.1, -0.05) is 97.1 Å². The molecule has 0 saturated carbocycles. The Balaban J connectivity index is 1.19. The predicted molar refractivity (Wildman–Crippen MR) is 169 cm³/mol. The standard InChI is InChI=1S/C37H32N4O4/c42-31(39-20-19-26-15-7-9-17-29(26)39)23-40-30-18-10-8-16-27(30)37(36(40)45)33-32(28(38-37)21-24-11-3-1-4-12-24)34(43)41(35(33)44)22-25-13-5-2-6-14-25/h1-18,28,32-33,38H,19-23H2/t28-,32-,33-,37-/m0/s1. The van der Waals surface area contributed by atoms with Crippen LogP contribution in [0.3, 0.4) is 0 Å². The maximum Gasteiger partial charge on any atom is 0.253 e. The summed E-state index contributed by atoms with van der Waals surface area (Å²) in [6, 6.07) is 34.0. The molecule has 0 bridgehead atoms. The smallest absolute Gasteiger partial charge is 0.253 e. The zero-order valence-electron chi connectivity index (χ0n) is 24.6. The number of imide groups is 1. The second kappa shape index (κ2) is 10.5. The van der Waals surface area contributed by atoms with Gasteiger partial charge in [-0.3, -0.25) is 29.4 Å². The summed E-state index contributed by atoms with van der Waals surface area (Å²) < 4.78 is 0. The third-order valence-electron chi connectivity index (χ3n) is 9.92. The topological polar surface area (TPSA) is 90.0 Å². The lowest BCUT2D eigenvalue weighted by atomic mass is 9.76. The summed E-state index contributed by atoms with van der Waals surface area (Å²) in [6.07, 6.45) is 1.23. The van der Waals surface area contributed by atoms with Crippen molar-refractivity contribution in [1.82, 2.24) is 10.2 Å². The molecule has 4 aliphatic rings. The lowest BCUT2D eigenvalue weighted by molar-refractivity contribution is -0.143. The highest BCUT2D eigenvalue weighted by atomic mass is 16.2. The number of para-hydroxylation sites is 2. The van der Waals surface area contributed by atoms with Crippen LogP contribution < -0.4 is 15.1 Å². The van der Waals surface area contributed by atoms with E-state index >= 15 is 0 Å². The maximum absolute atomic E-state index is 14.9. The molecule has 4 heterocycles. The van der Waals surface area contributed by atoms with E-state index in [1.54, 1.807) is 4.90 Å². The summed E-state index contributed by atoms with van der Waals surface area (Å²) in [5.41, 5.74) is 3.58. The second-order valence-corrected chi connectivity index (χ2v) is 12.3. The number of carbonyl (C=O) groups excluding carboxylic acids is 4. The van der Waals surface area contributed by atoms with E-state index in [2.05, 4.69) is 5.32 Å². The van der Waals surface area contributed by atoms with Crippen molar-refractivity contribution in [3.8, 4) is 0 Å². The predicted octanol–water partition coefficient (Wildman–Crippen LogP) is 3.83. The van der Waals surface area contributed by atoms with Crippen molar-refractivity contribution >= 4 is 35.0 Å². The summed E-state index contributed by atoms with van der Waals surface area (Å²) >= 11 is 0. The quantitative estimate of drug-likeness (QED) is 0.342. The normalized spacial score (nSPS) is 24.8. The van der Waals surface area contributed by atoms with Crippen LogP contribution in [0.1, 0.15) is 22.3 Å². The number of anilines is 2. The van der Waals surface area contributed by atoms with Gasteiger partial charge >= 0.3 is 0 Å². The molecule has 2 fully saturated rings. The minimum atomic E-state index is -1.47. The molecule has 0 radical (unpaired) electrons. The van der Waals surface area contributed by atoms with E-state index in [-0.39, 0.29) is 36.7 Å². The molecule has 8 nitrogen and oxygen atoms in total. The fourth-order valence-electron chi connectivity index (χ4n) is 7.95. The van der Waals surface area contributed by atoms with Crippen molar-refractivity contribution < 1.29 is 19.2 Å². The summed E-state index contributed by atoms with van der Waals surface area (Å²) in [5.74, 6) is -2.86. The minimum Gasteiger partial charge on any atom is -0.310 e. The molecule has 1 spiro atoms. The number of fused-ring (bicyclic) bond motifs is 5. The minimum absolute atomic E-state index is 0.145. The average Bonchev–Trinajstić information content (AvgIpc) is 3.78. The van der Waals surface area contributed by atoms with Crippen molar-refractivity contribution in [3.63, 3.8) is 0 Å². The highest BCUT2D eigenvalue weighted by Gasteiger charge is 2.71. The van der Waals surface area contributed by atoms with Crippen molar-refractivity contribution in [2.45, 2.75) is 31.0 Å². The van der Waals surface area contributed by atoms with Crippen molar-refractivity contribution in [3.05, 3.63) is 131 Å². The van der Waals surface area contributed by atoms with Gasteiger partial charge in [0.1, 0.15) is 12.1 Å². The molecule has 8 heteroatoms. The Kier molecular flexibility index (Phi) is 6.42. The number of hydrogen-bond donors (Lipinski definition) is 1. The Labute approximate surface area is 261 Å². The fourth-order valence-corrected chi connectivity index (χ4v) is 7.95. The monoisotopic (exact) mass is 596 g/mol. The van der Waals surface area contributed by atoms with E-state index in [4.69, 9.17) is 0 Å². The molecular weight excluding hydrogens is 564 g/mol. The maximum atomic E-state index is 14.9. The van der Waals surface area contributed by atoms with Gasteiger partial charge < -0.3 is 9.80 Å². The molecule has 1 N–H and O–H groups in total. The van der Waals surface area contributed by atoms with E-state index in [0.29, 0.717) is 24.2 Å². The van der Waals surface area contributed by atoms with E-state index in [1.807, 2.05) is 109 Å². The van der Waals surface area contributed by atoms with Gasteiger partial charge in [-0.15, -0.1) is 0 Å². The van der Waals surface area contributed by atoms with Crippen LogP contribution in [0.5, 0.6) is 0 Å². The van der Waals surface area contributed by atoms with Crippen LogP contribution in [0.25, 0.3) is 0 Å². The molecule has 8 rings (SSSR count). The number of rotatable bonds is 6. The lowest BCUT2D eigenvalue weighted by Crippen LogP contribution is -2.56. The molecule has 0 unspecified atom stereocenters. The molecule has 2 saturated heterocycles. The Bertz CT molecular complexity index is 1840. The zero-order chi connectivity index (χ0) is 30.7. The van der Waals surface area contributed by atoms with E-state index in [9.17, 15) is 19.2 Å². The zero-order valence-corrected chi connectivity index (χ0v) is 24.6. The number of nitrogens with zero attached hydrogens (tertiary/aromatic N) is 3. The fraction of sp³-hybridized carbons (Fsp3) is 0.243. The van der Waals surface area contributed by atoms with Crippen LogP contribution in [-0.4, -0.2) is 47.7 Å². The Hall–Kier alpha value is -5.08. The molecule has 45 heavy (non-hydrogen) atoms. The van der Waals surface area contributed by atoms with Crippen LogP contribution in [0.4, 0.5) is 11.4 Å². The van der Waals surface area contributed by atoms with Crippen molar-refractivity contribution in [2.75, 3.05) is 22.9 Å². The highest BCUT2D eigenvalue weighted by Crippen LogP contribution is 2.55. The molecule has 4 aromatic carbocycles. The van der Waals surface area contributed by atoms with Gasteiger partial charge in [-0.2, -0.15) is 0 Å². The number of likely N-dealkylation sites (tertiary alicyclic amines) is 1. The van der Waals surface area contributed by atoms with Crippen LogP contribution in [0.2, 0.25) is 0 Å². The van der Waals surface area contributed by atoms with Crippen LogP contribution in [0, 0.1) is 11.8 Å². The Morgan fingerprint density at radius 2 is 1.38 bits per heavy atom. The summed E-state index contributed by atoms with van der Waals surface area (Å²) in [7, 11) is 0. The molecular formula is C37H32N4O4. The first kappa shape index (κ1) is 27.5. The molecule has 4 aromatic rings. The first-order chi connectivity index (χ1) is 22.0. The van der Waals surface area contributed by atoms with Crippen molar-refractivity contribution in [1.29, 1.82) is 0 Å². The third kappa shape index (κ3) is 4.16. The van der Waals surface area contributed by atoms with Gasteiger partial charge in [-0.05, 0) is 41.7 Å². The number of benzene rings is 4. The molecule has 4 atom stereocenters. The van der Waals surface area contributed by atoms with E-state index in [1.165, 1.54) is 9.80 Å². The SMILES string of the molecule is O=C1[C@H]2[C@H](Cc3ccccc3)N[C@]3(C(=O)N(CC(=O)N4CCc5ccccc54)c4ccccc43)[C@@H]2C(=O)N1Cc1ccccc1. The number of carbonyl (C=O) groups is 4. The van der Waals surface area contributed by atoms with Gasteiger partial charge in [0.2, 0.25) is 17.7 Å². The first-order valence-electron chi connectivity index (χ1n) is 15.5. The first-order valence-corrected chi connectivity index (χ1v) is 15.5. The highest BCUT2D eigenvalue weighted by molar-refractivity contribution is 6.18. The number of hydrogen-bond acceptors (Lipinski definition) is 5. The van der Waals surface area contributed by atoms with Gasteiger partial charge in [0.25, 0.3) is 5.91 Å². The number of amides is 4. The Morgan fingerprint density at radius 3 is 2.13 bits per heavy atom. The average molecular weight is 597 g/mol. The Morgan fingerprint density at radius 1 is 0.733 bits per heavy atom. The molecule has 4 amide bonds. The van der Waals surface area contributed by atoms with Crippen molar-refractivity contribution in [2.24, 2.45) is 11.8 Å². The van der Waals surface area contributed by atoms with Gasteiger partial charge in [0, 0.05) is 29.5 Å². The van der Waals surface area contributed by atoms with Gasteiger partial charge in [0.15, 0.2) is 0 Å². The largest absolute Gasteiger partial charge is 0.310 e. The second-order valence-electron chi connectivity index (χ2n) is 12.3. The van der Waals surface area contributed by atoms with Gasteiger partial charge in [-0.25, -0.2) is 0 Å². The summed E-state index contributed by atoms with van der Waals surface area (Å²) in [4.78, 5) is 61.9. The number of nitrogens with one attached hydrogen (secondary N) is 1. The van der Waals surface area contributed by atoms with Gasteiger partial charge in [0.05, 0.1) is 18.4 Å². The lowest BCUT2D eigenvalue weighted by Gasteiger charge is -2.31. The summed E-state index contributed by atoms with van der Waals surface area (Å²) in [5, 5.41) is 3.57. The summed E-state index contributed by atoms with van der Waals surface area (Å²) in [6.45, 7) is 0.535. The molecule has 0 aliphatic carbocycles. The van der Waals surface area contributed by atoms with Crippen LogP contribution in [-0.2, 0) is 44.1 Å². The molecule has 224 valence electrons. The van der Waals surface area contributed by atoms with Crippen LogP contribution >= 0.6 is 0 Å².